The molecular weight excluding hydrogens is 719 g/mol. The van der Waals surface area contributed by atoms with Gasteiger partial charge in [0.15, 0.2) is 0 Å². The zero-order chi connectivity index (χ0) is 38.4. The van der Waals surface area contributed by atoms with Crippen LogP contribution in [0.1, 0.15) is 0 Å². The largest absolute Gasteiger partial charge is 0.310 e. The number of rotatable bonds is 7. The minimum Gasteiger partial charge on any atom is -0.310 e. The minimum atomic E-state index is 1.11. The van der Waals surface area contributed by atoms with E-state index in [-0.39, 0.29) is 0 Å². The van der Waals surface area contributed by atoms with Crippen LogP contribution in [0.2, 0.25) is 0 Å². The lowest BCUT2D eigenvalue weighted by Crippen LogP contribution is -2.10. The second-order valence-electron chi connectivity index (χ2n) is 14.9. The van der Waals surface area contributed by atoms with Gasteiger partial charge in [-0.05, 0) is 97.6 Å². The van der Waals surface area contributed by atoms with Crippen LogP contribution in [0.15, 0.2) is 224 Å². The fourth-order valence-electron chi connectivity index (χ4n) is 8.68. The zero-order valence-electron chi connectivity index (χ0n) is 31.7. The van der Waals surface area contributed by atoms with Crippen molar-refractivity contribution in [2.24, 2.45) is 0 Å². The van der Waals surface area contributed by atoms with E-state index in [0.717, 1.165) is 17.1 Å². The van der Waals surface area contributed by atoms with Gasteiger partial charge in [-0.15, -0.1) is 11.3 Å². The minimum absolute atomic E-state index is 1.11. The smallest absolute Gasteiger partial charge is 0.0540 e. The Labute approximate surface area is 342 Å². The third kappa shape index (κ3) is 5.94. The highest BCUT2D eigenvalue weighted by Crippen LogP contribution is 2.45. The molecular formula is C56H37NS. The van der Waals surface area contributed by atoms with Crippen LogP contribution >= 0.6 is 11.3 Å². The standard InChI is InChI=1S/C56H37NS/c1-2-13-39(14-3-1)48-36-31-43(37-53(48)52-24-12-23-51-50-21-8-9-26-55(50)58-56(51)52)38-27-32-44(33-28-38)57(54-25-11-18-41-16-5-7-20-49(41)54)45-34-29-42(30-35-45)47-22-10-17-40-15-4-6-19-46(40)47/h1-37H. The molecule has 1 aromatic heterocycles. The molecule has 1 heterocycles. The summed E-state index contributed by atoms with van der Waals surface area (Å²) in [6.07, 6.45) is 0. The fraction of sp³-hybridized carbons (Fsp3) is 0. The maximum atomic E-state index is 2.39. The van der Waals surface area contributed by atoms with Crippen LogP contribution in [0.3, 0.4) is 0 Å². The first-order chi connectivity index (χ1) is 28.8. The Morgan fingerprint density at radius 3 is 1.60 bits per heavy atom. The fourth-order valence-corrected chi connectivity index (χ4v) is 9.91. The maximum absolute atomic E-state index is 2.39. The van der Waals surface area contributed by atoms with Gasteiger partial charge in [0.1, 0.15) is 0 Å². The Morgan fingerprint density at radius 1 is 0.293 bits per heavy atom. The third-order valence-electron chi connectivity index (χ3n) is 11.5. The summed E-state index contributed by atoms with van der Waals surface area (Å²) in [4.78, 5) is 2.39. The first-order valence-corrected chi connectivity index (χ1v) is 20.7. The normalized spacial score (nSPS) is 11.4. The molecule has 11 rings (SSSR count). The molecule has 11 aromatic rings. The molecule has 0 bridgehead atoms. The molecule has 0 amide bonds. The summed E-state index contributed by atoms with van der Waals surface area (Å²) >= 11 is 1.88. The monoisotopic (exact) mass is 755 g/mol. The average molecular weight is 756 g/mol. The third-order valence-corrected chi connectivity index (χ3v) is 12.7. The second kappa shape index (κ2) is 14.4. The first kappa shape index (κ1) is 34.0. The summed E-state index contributed by atoms with van der Waals surface area (Å²) in [6.45, 7) is 0. The number of anilines is 3. The Hall–Kier alpha value is -7.26. The van der Waals surface area contributed by atoms with Crippen molar-refractivity contribution < 1.29 is 0 Å². The Bertz CT molecular complexity index is 3260. The molecule has 0 saturated heterocycles. The number of hydrogen-bond acceptors (Lipinski definition) is 2. The number of benzene rings is 10. The van der Waals surface area contributed by atoms with Crippen molar-refractivity contribution in [2.45, 2.75) is 0 Å². The molecule has 0 spiro atoms. The van der Waals surface area contributed by atoms with Gasteiger partial charge in [-0.2, -0.15) is 0 Å². The second-order valence-corrected chi connectivity index (χ2v) is 15.9. The van der Waals surface area contributed by atoms with Gasteiger partial charge in [0.05, 0.1) is 5.69 Å². The maximum Gasteiger partial charge on any atom is 0.0540 e. The summed E-state index contributed by atoms with van der Waals surface area (Å²) in [6, 6.07) is 81.9. The van der Waals surface area contributed by atoms with Crippen molar-refractivity contribution in [3.63, 3.8) is 0 Å². The van der Waals surface area contributed by atoms with E-state index >= 15 is 0 Å². The van der Waals surface area contributed by atoms with Gasteiger partial charge in [-0.25, -0.2) is 0 Å². The molecule has 1 nitrogen and oxygen atoms in total. The molecule has 0 radical (unpaired) electrons. The topological polar surface area (TPSA) is 3.24 Å². The van der Waals surface area contributed by atoms with Gasteiger partial charge >= 0.3 is 0 Å². The van der Waals surface area contributed by atoms with Crippen LogP contribution in [0.5, 0.6) is 0 Å². The van der Waals surface area contributed by atoms with E-state index in [1.165, 1.54) is 86.2 Å². The van der Waals surface area contributed by atoms with Crippen molar-refractivity contribution in [1.29, 1.82) is 0 Å². The zero-order valence-corrected chi connectivity index (χ0v) is 32.5. The summed E-state index contributed by atoms with van der Waals surface area (Å²) in [5.74, 6) is 0. The van der Waals surface area contributed by atoms with Crippen LogP contribution < -0.4 is 4.90 Å². The lowest BCUT2D eigenvalue weighted by atomic mass is 9.90. The molecule has 10 aromatic carbocycles. The predicted molar refractivity (Wildman–Crippen MR) is 251 cm³/mol. The first-order valence-electron chi connectivity index (χ1n) is 19.8. The van der Waals surface area contributed by atoms with Crippen LogP contribution in [-0.4, -0.2) is 0 Å². The Balaban J connectivity index is 1.03. The predicted octanol–water partition coefficient (Wildman–Crippen LogP) is 16.5. The summed E-state index contributed by atoms with van der Waals surface area (Å²) in [5.41, 5.74) is 13.1. The molecule has 0 atom stereocenters. The van der Waals surface area contributed by atoms with E-state index in [2.05, 4.69) is 229 Å². The van der Waals surface area contributed by atoms with Crippen molar-refractivity contribution in [1.82, 2.24) is 0 Å². The molecule has 0 N–H and O–H groups in total. The Kier molecular flexibility index (Phi) is 8.42. The SMILES string of the molecule is c1ccc(-c2ccc(-c3ccc(N(c4ccc(-c5cccc6ccccc56)cc4)c4cccc5ccccc45)cc3)cc2-c2cccc3c2sc2ccccc23)cc1. The van der Waals surface area contributed by atoms with Gasteiger partial charge in [-0.1, -0.05) is 182 Å². The van der Waals surface area contributed by atoms with E-state index in [4.69, 9.17) is 0 Å². The average Bonchev–Trinajstić information content (AvgIpc) is 3.69. The highest BCUT2D eigenvalue weighted by molar-refractivity contribution is 7.26. The van der Waals surface area contributed by atoms with Crippen LogP contribution in [0.4, 0.5) is 17.1 Å². The molecule has 0 fully saturated rings. The van der Waals surface area contributed by atoms with Crippen LogP contribution in [0, 0.1) is 0 Å². The van der Waals surface area contributed by atoms with E-state index in [1.54, 1.807) is 0 Å². The summed E-state index contributed by atoms with van der Waals surface area (Å²) < 4.78 is 2.64. The van der Waals surface area contributed by atoms with Gasteiger partial charge < -0.3 is 4.90 Å². The van der Waals surface area contributed by atoms with E-state index in [9.17, 15) is 0 Å². The lowest BCUT2D eigenvalue weighted by Gasteiger charge is -2.27. The number of hydrogen-bond donors (Lipinski definition) is 0. The van der Waals surface area contributed by atoms with Crippen LogP contribution in [-0.2, 0) is 0 Å². The lowest BCUT2D eigenvalue weighted by molar-refractivity contribution is 1.30. The van der Waals surface area contributed by atoms with Crippen molar-refractivity contribution in [3.05, 3.63) is 224 Å². The van der Waals surface area contributed by atoms with E-state index < -0.39 is 0 Å². The molecule has 0 aliphatic rings. The van der Waals surface area contributed by atoms with E-state index in [1.807, 2.05) is 11.3 Å². The van der Waals surface area contributed by atoms with E-state index in [0.29, 0.717) is 0 Å². The highest BCUT2D eigenvalue weighted by atomic mass is 32.1. The van der Waals surface area contributed by atoms with Crippen molar-refractivity contribution in [3.8, 4) is 44.5 Å². The quantitative estimate of drug-likeness (QED) is 0.157. The number of nitrogens with zero attached hydrogens (tertiary/aromatic N) is 1. The van der Waals surface area contributed by atoms with Crippen LogP contribution in [0.25, 0.3) is 86.2 Å². The molecule has 0 saturated carbocycles. The van der Waals surface area contributed by atoms with Gasteiger partial charge in [-0.3, -0.25) is 0 Å². The van der Waals surface area contributed by atoms with Gasteiger partial charge in [0.2, 0.25) is 0 Å². The Morgan fingerprint density at radius 2 is 0.828 bits per heavy atom. The molecule has 0 unspecified atom stereocenters. The molecule has 272 valence electrons. The van der Waals surface area contributed by atoms with Gasteiger partial charge in [0.25, 0.3) is 0 Å². The molecule has 2 heteroatoms. The summed E-state index contributed by atoms with van der Waals surface area (Å²) in [5, 5.41) is 7.57. The number of thiophene rings is 1. The van der Waals surface area contributed by atoms with Crippen molar-refractivity contribution in [2.75, 3.05) is 4.90 Å². The molecule has 0 aliphatic heterocycles. The van der Waals surface area contributed by atoms with Gasteiger partial charge in [0, 0.05) is 42.5 Å². The van der Waals surface area contributed by atoms with Crippen molar-refractivity contribution >= 4 is 70.1 Å². The molecule has 58 heavy (non-hydrogen) atoms. The molecule has 0 aliphatic carbocycles. The highest BCUT2D eigenvalue weighted by Gasteiger charge is 2.18. The number of fused-ring (bicyclic) bond motifs is 5. The summed E-state index contributed by atoms with van der Waals surface area (Å²) in [7, 11) is 0.